The fourth-order valence-electron chi connectivity index (χ4n) is 4.73. The van der Waals surface area contributed by atoms with Crippen molar-refractivity contribution in [3.63, 3.8) is 0 Å². The highest BCUT2D eigenvalue weighted by molar-refractivity contribution is 5.74. The van der Waals surface area contributed by atoms with Crippen LogP contribution in [0.1, 0.15) is 75.6 Å². The summed E-state index contributed by atoms with van der Waals surface area (Å²) in [5, 5.41) is 9.89. The van der Waals surface area contributed by atoms with Crippen LogP contribution < -0.4 is 4.90 Å². The van der Waals surface area contributed by atoms with E-state index in [0.717, 1.165) is 29.8 Å². The van der Waals surface area contributed by atoms with Gasteiger partial charge in [-0.25, -0.2) is 0 Å². The van der Waals surface area contributed by atoms with E-state index >= 15 is 0 Å². The molecule has 1 N–H and O–H groups in total. The minimum absolute atomic E-state index is 0.0662. The summed E-state index contributed by atoms with van der Waals surface area (Å²) in [7, 11) is 0. The van der Waals surface area contributed by atoms with Crippen molar-refractivity contribution in [1.82, 2.24) is 0 Å². The third-order valence-electron chi connectivity index (χ3n) is 7.24. The summed E-state index contributed by atoms with van der Waals surface area (Å²) in [6.07, 6.45) is -2.58. The molecule has 1 aliphatic heterocycles. The van der Waals surface area contributed by atoms with Gasteiger partial charge in [0.25, 0.3) is 0 Å². The average molecular weight is 448 g/mol. The molecule has 1 heterocycles. The number of alkyl halides is 3. The molecule has 0 aromatic heterocycles. The van der Waals surface area contributed by atoms with Crippen LogP contribution in [0.3, 0.4) is 0 Å². The van der Waals surface area contributed by atoms with Crippen LogP contribution in [-0.2, 0) is 11.0 Å². The van der Waals surface area contributed by atoms with Crippen molar-refractivity contribution in [1.29, 1.82) is 0 Å². The molecule has 3 rings (SSSR count). The molecule has 1 unspecified atom stereocenters. The van der Waals surface area contributed by atoms with E-state index in [2.05, 4.69) is 43.0 Å². The normalized spacial score (nSPS) is 21.4. The van der Waals surface area contributed by atoms with Crippen LogP contribution in [0.5, 0.6) is 0 Å². The number of rotatable bonds is 6. The van der Waals surface area contributed by atoms with E-state index in [0.29, 0.717) is 25.3 Å². The molecule has 3 nitrogen and oxygen atoms in total. The van der Waals surface area contributed by atoms with Crippen molar-refractivity contribution < 1.29 is 23.1 Å². The molecule has 0 saturated carbocycles. The SMILES string of the molecule is CC[C@](C)(C(=O)O)[C@H]1CCN(c2ccc(C(C)C)cc2)C(c2ccc(C(F)(F)F)cc2)C1. The van der Waals surface area contributed by atoms with E-state index in [1.54, 1.807) is 6.92 Å². The lowest BCUT2D eigenvalue weighted by molar-refractivity contribution is -0.152. The smallest absolute Gasteiger partial charge is 0.416 e. The molecule has 1 saturated heterocycles. The number of hydrogen-bond donors (Lipinski definition) is 1. The number of piperidine rings is 1. The van der Waals surface area contributed by atoms with Gasteiger partial charge in [0.15, 0.2) is 0 Å². The Labute approximate surface area is 188 Å². The van der Waals surface area contributed by atoms with Gasteiger partial charge in [-0.05, 0) is 73.4 Å². The number of carboxylic acids is 1. The molecule has 0 amide bonds. The summed E-state index contributed by atoms with van der Waals surface area (Å²) in [5.74, 6) is -0.476. The monoisotopic (exact) mass is 447 g/mol. The van der Waals surface area contributed by atoms with E-state index in [1.807, 2.05) is 6.92 Å². The van der Waals surface area contributed by atoms with Gasteiger partial charge in [-0.1, -0.05) is 45.0 Å². The Balaban J connectivity index is 1.98. The number of carbonyl (C=O) groups is 1. The van der Waals surface area contributed by atoms with Gasteiger partial charge in [0, 0.05) is 12.2 Å². The van der Waals surface area contributed by atoms with E-state index in [4.69, 9.17) is 0 Å². The Hall–Kier alpha value is -2.50. The molecule has 174 valence electrons. The van der Waals surface area contributed by atoms with E-state index in [1.165, 1.54) is 17.7 Å². The number of halogens is 3. The lowest BCUT2D eigenvalue weighted by Crippen LogP contribution is -2.45. The molecule has 0 bridgehead atoms. The van der Waals surface area contributed by atoms with Gasteiger partial charge < -0.3 is 10.0 Å². The quantitative estimate of drug-likeness (QED) is 0.506. The summed E-state index contributed by atoms with van der Waals surface area (Å²) >= 11 is 0. The third kappa shape index (κ3) is 4.79. The first-order valence-corrected chi connectivity index (χ1v) is 11.2. The molecule has 32 heavy (non-hydrogen) atoms. The van der Waals surface area contributed by atoms with Crippen molar-refractivity contribution in [2.45, 2.75) is 65.1 Å². The van der Waals surface area contributed by atoms with Crippen LogP contribution in [0.15, 0.2) is 48.5 Å². The van der Waals surface area contributed by atoms with Crippen LogP contribution >= 0.6 is 0 Å². The standard InChI is InChI=1S/C26H32F3NO2/c1-5-25(4,24(31)32)21-14-15-30(22-12-8-18(9-13-22)17(2)3)23(16-21)19-6-10-20(11-7-19)26(27,28)29/h6-13,17,21,23H,5,14-16H2,1-4H3,(H,31,32)/t21-,23?,25-/m0/s1. The highest BCUT2D eigenvalue weighted by Crippen LogP contribution is 2.46. The first-order valence-electron chi connectivity index (χ1n) is 11.2. The van der Waals surface area contributed by atoms with Crippen LogP contribution in [-0.4, -0.2) is 17.6 Å². The van der Waals surface area contributed by atoms with Crippen LogP contribution in [0.25, 0.3) is 0 Å². The molecule has 1 aliphatic rings. The zero-order valence-corrected chi connectivity index (χ0v) is 19.1. The van der Waals surface area contributed by atoms with Gasteiger partial charge in [-0.3, -0.25) is 4.79 Å². The van der Waals surface area contributed by atoms with Gasteiger partial charge in [-0.15, -0.1) is 0 Å². The number of benzene rings is 2. The van der Waals surface area contributed by atoms with Gasteiger partial charge in [-0.2, -0.15) is 13.2 Å². The summed E-state index contributed by atoms with van der Waals surface area (Å²) in [5.41, 5.74) is 1.47. The second-order valence-corrected chi connectivity index (χ2v) is 9.37. The molecular formula is C26H32F3NO2. The third-order valence-corrected chi connectivity index (χ3v) is 7.24. The Morgan fingerprint density at radius 2 is 1.69 bits per heavy atom. The minimum atomic E-state index is -4.38. The zero-order valence-electron chi connectivity index (χ0n) is 19.1. The van der Waals surface area contributed by atoms with Crippen molar-refractivity contribution in [3.05, 3.63) is 65.2 Å². The Morgan fingerprint density at radius 1 is 1.09 bits per heavy atom. The molecule has 0 radical (unpaired) electrons. The summed E-state index contributed by atoms with van der Waals surface area (Å²) in [6, 6.07) is 13.4. The maximum Gasteiger partial charge on any atom is 0.416 e. The maximum absolute atomic E-state index is 13.1. The predicted molar refractivity (Wildman–Crippen MR) is 121 cm³/mol. The lowest BCUT2D eigenvalue weighted by Gasteiger charge is -2.46. The largest absolute Gasteiger partial charge is 0.481 e. The molecule has 1 fully saturated rings. The molecule has 3 atom stereocenters. The number of carboxylic acid groups (broad SMARTS) is 1. The molecule has 2 aromatic carbocycles. The first kappa shape index (κ1) is 24.1. The molecule has 2 aromatic rings. The van der Waals surface area contributed by atoms with Crippen LogP contribution in [0.2, 0.25) is 0 Å². The highest BCUT2D eigenvalue weighted by Gasteiger charge is 2.44. The Bertz CT molecular complexity index is 922. The zero-order chi connectivity index (χ0) is 23.7. The number of aliphatic carboxylic acids is 1. The van der Waals surface area contributed by atoms with E-state index in [-0.39, 0.29) is 12.0 Å². The molecular weight excluding hydrogens is 415 g/mol. The number of hydrogen-bond acceptors (Lipinski definition) is 2. The van der Waals surface area contributed by atoms with Crippen LogP contribution in [0.4, 0.5) is 18.9 Å². The second kappa shape index (κ2) is 9.16. The Morgan fingerprint density at radius 3 is 2.16 bits per heavy atom. The van der Waals surface area contributed by atoms with Crippen molar-refractivity contribution in [2.75, 3.05) is 11.4 Å². The van der Waals surface area contributed by atoms with Gasteiger partial charge in [0.05, 0.1) is 17.0 Å². The fourth-order valence-corrected chi connectivity index (χ4v) is 4.73. The highest BCUT2D eigenvalue weighted by atomic mass is 19.4. The fraction of sp³-hybridized carbons (Fsp3) is 0.500. The minimum Gasteiger partial charge on any atom is -0.481 e. The Kier molecular flexibility index (Phi) is 6.91. The average Bonchev–Trinajstić information content (AvgIpc) is 2.77. The molecule has 0 spiro atoms. The number of nitrogens with zero attached hydrogens (tertiary/aromatic N) is 1. The molecule has 0 aliphatic carbocycles. The van der Waals surface area contributed by atoms with Gasteiger partial charge in [0.2, 0.25) is 0 Å². The summed E-state index contributed by atoms with van der Waals surface area (Å²) in [4.78, 5) is 14.3. The maximum atomic E-state index is 13.1. The van der Waals surface area contributed by atoms with Crippen molar-refractivity contribution >= 4 is 11.7 Å². The number of anilines is 1. The van der Waals surface area contributed by atoms with Gasteiger partial charge >= 0.3 is 12.1 Å². The summed E-state index contributed by atoms with van der Waals surface area (Å²) < 4.78 is 39.3. The second-order valence-electron chi connectivity index (χ2n) is 9.37. The first-order chi connectivity index (χ1) is 15.0. The van der Waals surface area contributed by atoms with E-state index in [9.17, 15) is 23.1 Å². The van der Waals surface area contributed by atoms with E-state index < -0.39 is 23.1 Å². The summed E-state index contributed by atoms with van der Waals surface area (Å²) in [6.45, 7) is 8.58. The topological polar surface area (TPSA) is 40.5 Å². The van der Waals surface area contributed by atoms with Crippen molar-refractivity contribution in [3.8, 4) is 0 Å². The van der Waals surface area contributed by atoms with Gasteiger partial charge in [0.1, 0.15) is 0 Å². The molecule has 6 heteroatoms. The van der Waals surface area contributed by atoms with Crippen molar-refractivity contribution in [2.24, 2.45) is 11.3 Å². The van der Waals surface area contributed by atoms with Crippen LogP contribution in [0, 0.1) is 11.3 Å². The lowest BCUT2D eigenvalue weighted by atomic mass is 9.68. The predicted octanol–water partition coefficient (Wildman–Crippen LogP) is 7.29.